The van der Waals surface area contributed by atoms with Gasteiger partial charge in [-0.25, -0.2) is 0 Å². The highest BCUT2D eigenvalue weighted by Gasteiger charge is 1.90. The van der Waals surface area contributed by atoms with Crippen molar-refractivity contribution in [1.82, 2.24) is 8.75 Å². The van der Waals surface area contributed by atoms with Gasteiger partial charge in [0, 0.05) is 6.42 Å². The number of aromatic nitrogens is 2. The van der Waals surface area contributed by atoms with Gasteiger partial charge in [0.1, 0.15) is 0 Å². The second-order valence-electron chi connectivity index (χ2n) is 1.44. The Morgan fingerprint density at radius 1 is 1.75 bits per heavy atom. The molecule has 0 bridgehead atoms. The van der Waals surface area contributed by atoms with Crippen molar-refractivity contribution < 1.29 is 0 Å². The summed E-state index contributed by atoms with van der Waals surface area (Å²) in [5.74, 6) is 0. The van der Waals surface area contributed by atoms with Crippen molar-refractivity contribution in [1.29, 1.82) is 0 Å². The molecule has 44 valence electrons. The van der Waals surface area contributed by atoms with Gasteiger partial charge in [0.05, 0.1) is 23.6 Å². The molecule has 0 aliphatic carbocycles. The van der Waals surface area contributed by atoms with Crippen LogP contribution in [0.4, 0.5) is 0 Å². The number of hydrogen-bond donors (Lipinski definition) is 1. The van der Waals surface area contributed by atoms with Crippen LogP contribution in [0.15, 0.2) is 6.20 Å². The van der Waals surface area contributed by atoms with Crippen LogP contribution < -0.4 is 5.73 Å². The molecular formula is C4H7N3S. The molecule has 1 aromatic heterocycles. The van der Waals surface area contributed by atoms with E-state index in [4.69, 9.17) is 5.73 Å². The van der Waals surface area contributed by atoms with Crippen molar-refractivity contribution in [3.63, 3.8) is 0 Å². The van der Waals surface area contributed by atoms with E-state index in [1.807, 2.05) is 0 Å². The zero-order valence-electron chi connectivity index (χ0n) is 4.37. The zero-order valence-corrected chi connectivity index (χ0v) is 5.19. The molecule has 3 nitrogen and oxygen atoms in total. The Morgan fingerprint density at radius 2 is 2.62 bits per heavy atom. The summed E-state index contributed by atoms with van der Waals surface area (Å²) < 4.78 is 7.77. The van der Waals surface area contributed by atoms with Crippen molar-refractivity contribution in [2.75, 3.05) is 6.54 Å². The van der Waals surface area contributed by atoms with E-state index in [0.29, 0.717) is 6.54 Å². The standard InChI is InChI=1S/C4H7N3S/c5-2-1-4-3-6-8-7-4/h3H,1-2,5H2. The largest absolute Gasteiger partial charge is 0.330 e. The van der Waals surface area contributed by atoms with Crippen LogP contribution in [-0.2, 0) is 6.42 Å². The van der Waals surface area contributed by atoms with Crippen LogP contribution >= 0.6 is 11.7 Å². The molecule has 0 saturated heterocycles. The molecule has 2 N–H and O–H groups in total. The first-order valence-corrected chi connectivity index (χ1v) is 3.13. The van der Waals surface area contributed by atoms with E-state index in [9.17, 15) is 0 Å². The van der Waals surface area contributed by atoms with Crippen molar-refractivity contribution in [2.24, 2.45) is 5.73 Å². The van der Waals surface area contributed by atoms with Crippen LogP contribution in [0.25, 0.3) is 0 Å². The highest BCUT2D eigenvalue weighted by molar-refractivity contribution is 6.99. The van der Waals surface area contributed by atoms with Crippen LogP contribution in [0.1, 0.15) is 5.69 Å². The van der Waals surface area contributed by atoms with Gasteiger partial charge in [0.2, 0.25) is 0 Å². The molecule has 8 heavy (non-hydrogen) atoms. The molecule has 1 heterocycles. The molecular weight excluding hydrogens is 122 g/mol. The topological polar surface area (TPSA) is 51.8 Å². The highest BCUT2D eigenvalue weighted by atomic mass is 32.1. The van der Waals surface area contributed by atoms with Crippen LogP contribution in [0.3, 0.4) is 0 Å². The third-order valence-electron chi connectivity index (χ3n) is 0.807. The van der Waals surface area contributed by atoms with Crippen molar-refractivity contribution in [3.05, 3.63) is 11.9 Å². The number of hydrogen-bond acceptors (Lipinski definition) is 4. The van der Waals surface area contributed by atoms with Gasteiger partial charge >= 0.3 is 0 Å². The van der Waals surface area contributed by atoms with Gasteiger partial charge in [-0.15, -0.1) is 0 Å². The van der Waals surface area contributed by atoms with E-state index in [2.05, 4.69) is 8.75 Å². The van der Waals surface area contributed by atoms with E-state index in [1.165, 1.54) is 11.7 Å². The monoisotopic (exact) mass is 129 g/mol. The van der Waals surface area contributed by atoms with Crippen molar-refractivity contribution in [2.45, 2.75) is 6.42 Å². The summed E-state index contributed by atoms with van der Waals surface area (Å²) in [6.07, 6.45) is 2.59. The Labute approximate surface area is 51.9 Å². The lowest BCUT2D eigenvalue weighted by atomic mass is 10.3. The first kappa shape index (κ1) is 5.65. The molecule has 0 fully saturated rings. The summed E-state index contributed by atoms with van der Waals surface area (Å²) >= 11 is 1.22. The van der Waals surface area contributed by atoms with Gasteiger partial charge < -0.3 is 5.73 Å². The molecule has 0 radical (unpaired) electrons. The fourth-order valence-corrected chi connectivity index (χ4v) is 0.901. The van der Waals surface area contributed by atoms with Gasteiger partial charge in [0.15, 0.2) is 0 Å². The summed E-state index contributed by atoms with van der Waals surface area (Å²) in [6.45, 7) is 0.658. The Hall–Kier alpha value is -0.480. The average Bonchev–Trinajstić information content (AvgIpc) is 2.19. The maximum absolute atomic E-state index is 5.26. The fraction of sp³-hybridized carbons (Fsp3) is 0.500. The van der Waals surface area contributed by atoms with Gasteiger partial charge in [0.25, 0.3) is 0 Å². The number of nitrogens with two attached hydrogens (primary N) is 1. The molecule has 1 aromatic rings. The first-order valence-electron chi connectivity index (χ1n) is 2.40. The normalized spacial score (nSPS) is 9.62. The Kier molecular flexibility index (Phi) is 1.93. The summed E-state index contributed by atoms with van der Waals surface area (Å²) in [6, 6.07) is 0. The van der Waals surface area contributed by atoms with E-state index in [-0.39, 0.29) is 0 Å². The van der Waals surface area contributed by atoms with E-state index >= 15 is 0 Å². The second kappa shape index (κ2) is 2.74. The van der Waals surface area contributed by atoms with E-state index in [1.54, 1.807) is 6.20 Å². The molecule has 0 aliphatic heterocycles. The lowest BCUT2D eigenvalue weighted by Crippen LogP contribution is -2.02. The lowest BCUT2D eigenvalue weighted by molar-refractivity contribution is 0.941. The minimum absolute atomic E-state index is 0.658. The Morgan fingerprint density at radius 3 is 3.12 bits per heavy atom. The summed E-state index contributed by atoms with van der Waals surface area (Å²) in [4.78, 5) is 0. The molecule has 0 atom stereocenters. The second-order valence-corrected chi connectivity index (χ2v) is 1.99. The van der Waals surface area contributed by atoms with Gasteiger partial charge in [-0.1, -0.05) is 0 Å². The van der Waals surface area contributed by atoms with Gasteiger partial charge in [-0.2, -0.15) is 8.75 Å². The molecule has 0 aliphatic rings. The molecule has 0 aromatic carbocycles. The van der Waals surface area contributed by atoms with Crippen LogP contribution in [0, 0.1) is 0 Å². The van der Waals surface area contributed by atoms with E-state index < -0.39 is 0 Å². The molecule has 1 rings (SSSR count). The Bertz CT molecular complexity index is 137. The predicted molar refractivity (Wildman–Crippen MR) is 32.7 cm³/mol. The maximum Gasteiger partial charge on any atom is 0.0755 e. The molecule has 0 unspecified atom stereocenters. The van der Waals surface area contributed by atoms with Crippen LogP contribution in [0.2, 0.25) is 0 Å². The average molecular weight is 129 g/mol. The molecule has 0 spiro atoms. The third kappa shape index (κ3) is 1.24. The minimum atomic E-state index is 0.658. The third-order valence-corrected chi connectivity index (χ3v) is 1.32. The summed E-state index contributed by atoms with van der Waals surface area (Å²) in [7, 11) is 0. The smallest absolute Gasteiger partial charge is 0.0755 e. The van der Waals surface area contributed by atoms with Crippen LogP contribution in [0.5, 0.6) is 0 Å². The van der Waals surface area contributed by atoms with E-state index in [0.717, 1.165) is 12.1 Å². The quantitative estimate of drug-likeness (QED) is 0.613. The SMILES string of the molecule is NCCc1cnsn1. The van der Waals surface area contributed by atoms with Crippen molar-refractivity contribution in [3.8, 4) is 0 Å². The lowest BCUT2D eigenvalue weighted by Gasteiger charge is -1.83. The zero-order chi connectivity index (χ0) is 5.82. The number of rotatable bonds is 2. The fourth-order valence-electron chi connectivity index (χ4n) is 0.442. The highest BCUT2D eigenvalue weighted by Crippen LogP contribution is 1.93. The predicted octanol–water partition coefficient (Wildman–Crippen LogP) is 0.0393. The van der Waals surface area contributed by atoms with Gasteiger partial charge in [-0.3, -0.25) is 0 Å². The summed E-state index contributed by atoms with van der Waals surface area (Å²) in [5, 5.41) is 0. The first-order chi connectivity index (χ1) is 3.93. The molecule has 0 amide bonds. The molecule has 0 saturated carbocycles. The van der Waals surface area contributed by atoms with Crippen molar-refractivity contribution >= 4 is 11.7 Å². The van der Waals surface area contributed by atoms with Gasteiger partial charge in [-0.05, 0) is 6.54 Å². The minimum Gasteiger partial charge on any atom is -0.330 e. The Balaban J connectivity index is 2.50. The number of nitrogens with zero attached hydrogens (tertiary/aromatic N) is 2. The maximum atomic E-state index is 5.26. The molecule has 4 heteroatoms. The summed E-state index contributed by atoms with van der Waals surface area (Å²) in [5.41, 5.74) is 6.25. The van der Waals surface area contributed by atoms with Crippen LogP contribution in [-0.4, -0.2) is 15.3 Å².